The first kappa shape index (κ1) is 12.4. The predicted octanol–water partition coefficient (Wildman–Crippen LogP) is 2.87. The van der Waals surface area contributed by atoms with Crippen molar-refractivity contribution in [2.45, 2.75) is 25.8 Å². The number of rotatable bonds is 5. The molecule has 1 N–H and O–H groups in total. The quantitative estimate of drug-likeness (QED) is 0.906. The first-order valence-corrected chi connectivity index (χ1v) is 6.79. The van der Waals surface area contributed by atoms with Gasteiger partial charge in [-0.1, -0.05) is 22.0 Å². The van der Waals surface area contributed by atoms with Gasteiger partial charge in [-0.15, -0.1) is 0 Å². The van der Waals surface area contributed by atoms with Crippen LogP contribution in [0.2, 0.25) is 0 Å². The van der Waals surface area contributed by atoms with E-state index in [1.165, 1.54) is 0 Å². The molecule has 1 fully saturated rings. The van der Waals surface area contributed by atoms with E-state index in [0.29, 0.717) is 12.6 Å². The largest absolute Gasteiger partial charge is 0.376 e. The van der Waals surface area contributed by atoms with E-state index in [-0.39, 0.29) is 5.91 Å². The summed E-state index contributed by atoms with van der Waals surface area (Å²) in [5.74, 6) is 0.190. The number of halogens is 1. The highest BCUT2D eigenvalue weighted by Gasteiger charge is 2.30. The lowest BCUT2D eigenvalue weighted by Gasteiger charge is -2.20. The SMILES string of the molecule is CCN(C(=O)CNc1cccc(Br)c1)C1CC1. The number of carbonyl (C=O) groups is 1. The van der Waals surface area contributed by atoms with Crippen LogP contribution in [0.5, 0.6) is 0 Å². The van der Waals surface area contributed by atoms with Gasteiger partial charge in [0.2, 0.25) is 5.91 Å². The number of nitrogens with one attached hydrogen (secondary N) is 1. The Labute approximate surface area is 110 Å². The maximum Gasteiger partial charge on any atom is 0.242 e. The Morgan fingerprint density at radius 3 is 2.88 bits per heavy atom. The van der Waals surface area contributed by atoms with Gasteiger partial charge >= 0.3 is 0 Å². The molecule has 1 amide bonds. The topological polar surface area (TPSA) is 32.3 Å². The summed E-state index contributed by atoms with van der Waals surface area (Å²) in [7, 11) is 0. The van der Waals surface area contributed by atoms with Gasteiger partial charge in [0.25, 0.3) is 0 Å². The van der Waals surface area contributed by atoms with E-state index in [9.17, 15) is 4.79 Å². The fourth-order valence-corrected chi connectivity index (χ4v) is 2.30. The molecule has 92 valence electrons. The van der Waals surface area contributed by atoms with E-state index >= 15 is 0 Å². The second-order valence-electron chi connectivity index (χ2n) is 4.27. The van der Waals surface area contributed by atoms with Gasteiger partial charge < -0.3 is 10.2 Å². The van der Waals surface area contributed by atoms with Gasteiger partial charge in [-0.2, -0.15) is 0 Å². The minimum atomic E-state index is 0.190. The molecule has 0 atom stereocenters. The molecule has 0 bridgehead atoms. The molecule has 0 spiro atoms. The first-order chi connectivity index (χ1) is 8.20. The third-order valence-corrected chi connectivity index (χ3v) is 3.41. The molecule has 1 aromatic rings. The zero-order chi connectivity index (χ0) is 12.3. The molecule has 0 heterocycles. The molecule has 1 aromatic carbocycles. The Bertz CT molecular complexity index is 404. The summed E-state index contributed by atoms with van der Waals surface area (Å²) in [5.41, 5.74) is 0.972. The van der Waals surface area contributed by atoms with Crippen molar-refractivity contribution < 1.29 is 4.79 Å². The molecule has 1 aliphatic carbocycles. The van der Waals surface area contributed by atoms with Crippen LogP contribution in [0.15, 0.2) is 28.7 Å². The highest BCUT2D eigenvalue weighted by molar-refractivity contribution is 9.10. The van der Waals surface area contributed by atoms with Crippen molar-refractivity contribution in [1.29, 1.82) is 0 Å². The number of carbonyl (C=O) groups excluding carboxylic acids is 1. The molecule has 2 rings (SSSR count). The molecule has 0 radical (unpaired) electrons. The highest BCUT2D eigenvalue weighted by atomic mass is 79.9. The van der Waals surface area contributed by atoms with Gasteiger partial charge in [0.1, 0.15) is 0 Å². The first-order valence-electron chi connectivity index (χ1n) is 5.99. The van der Waals surface area contributed by atoms with Crippen LogP contribution in [0.1, 0.15) is 19.8 Å². The van der Waals surface area contributed by atoms with Gasteiger partial charge in [0, 0.05) is 22.7 Å². The number of amides is 1. The molecule has 3 nitrogen and oxygen atoms in total. The van der Waals surface area contributed by atoms with Crippen molar-refractivity contribution in [3.8, 4) is 0 Å². The van der Waals surface area contributed by atoms with Crippen molar-refractivity contribution in [3.05, 3.63) is 28.7 Å². The van der Waals surface area contributed by atoms with E-state index in [0.717, 1.165) is 29.5 Å². The second-order valence-corrected chi connectivity index (χ2v) is 5.19. The number of likely N-dealkylation sites (N-methyl/N-ethyl adjacent to an activating group) is 1. The minimum absolute atomic E-state index is 0.190. The van der Waals surface area contributed by atoms with Crippen LogP contribution in [-0.4, -0.2) is 29.9 Å². The van der Waals surface area contributed by atoms with Gasteiger partial charge in [-0.05, 0) is 38.0 Å². The molecular weight excluding hydrogens is 280 g/mol. The van der Waals surface area contributed by atoms with Crippen molar-refractivity contribution >= 4 is 27.5 Å². The standard InChI is InChI=1S/C13H17BrN2O/c1-2-16(12-6-7-12)13(17)9-15-11-5-3-4-10(14)8-11/h3-5,8,12,15H,2,6-7,9H2,1H3. The molecule has 4 heteroatoms. The maximum atomic E-state index is 12.0. The van der Waals surface area contributed by atoms with Crippen LogP contribution in [-0.2, 0) is 4.79 Å². The van der Waals surface area contributed by atoms with E-state index in [1.54, 1.807) is 0 Å². The Hall–Kier alpha value is -1.03. The van der Waals surface area contributed by atoms with Crippen LogP contribution in [0.25, 0.3) is 0 Å². The second kappa shape index (κ2) is 5.54. The molecule has 17 heavy (non-hydrogen) atoms. The molecule has 0 aliphatic heterocycles. The molecular formula is C13H17BrN2O. The van der Waals surface area contributed by atoms with E-state index in [2.05, 4.69) is 21.2 Å². The van der Waals surface area contributed by atoms with Crippen LogP contribution in [0.3, 0.4) is 0 Å². The van der Waals surface area contributed by atoms with Crippen LogP contribution in [0.4, 0.5) is 5.69 Å². The molecule has 0 saturated heterocycles. The maximum absolute atomic E-state index is 12.0. The smallest absolute Gasteiger partial charge is 0.242 e. The Kier molecular flexibility index (Phi) is 4.05. The van der Waals surface area contributed by atoms with E-state index in [4.69, 9.17) is 0 Å². The fraction of sp³-hybridized carbons (Fsp3) is 0.462. The zero-order valence-electron chi connectivity index (χ0n) is 9.95. The fourth-order valence-electron chi connectivity index (χ4n) is 1.90. The van der Waals surface area contributed by atoms with Gasteiger partial charge in [0.05, 0.1) is 6.54 Å². The van der Waals surface area contributed by atoms with Gasteiger partial charge in [-0.3, -0.25) is 4.79 Å². The average Bonchev–Trinajstić information content (AvgIpc) is 3.12. The lowest BCUT2D eigenvalue weighted by atomic mass is 10.3. The third-order valence-electron chi connectivity index (χ3n) is 2.92. The van der Waals surface area contributed by atoms with Gasteiger partial charge in [-0.25, -0.2) is 0 Å². The Morgan fingerprint density at radius 2 is 2.29 bits per heavy atom. The molecule has 1 saturated carbocycles. The number of nitrogens with zero attached hydrogens (tertiary/aromatic N) is 1. The van der Waals surface area contributed by atoms with Crippen molar-refractivity contribution in [2.24, 2.45) is 0 Å². The third kappa shape index (κ3) is 3.46. The number of hydrogen-bond donors (Lipinski definition) is 1. The van der Waals surface area contributed by atoms with Crippen LogP contribution < -0.4 is 5.32 Å². The van der Waals surface area contributed by atoms with Gasteiger partial charge in [0.15, 0.2) is 0 Å². The average molecular weight is 297 g/mol. The van der Waals surface area contributed by atoms with E-state index in [1.807, 2.05) is 36.1 Å². The lowest BCUT2D eigenvalue weighted by molar-refractivity contribution is -0.129. The lowest BCUT2D eigenvalue weighted by Crippen LogP contribution is -2.37. The Balaban J connectivity index is 1.86. The summed E-state index contributed by atoms with van der Waals surface area (Å²) in [5, 5.41) is 3.16. The monoisotopic (exact) mass is 296 g/mol. The van der Waals surface area contributed by atoms with Crippen LogP contribution >= 0.6 is 15.9 Å². The minimum Gasteiger partial charge on any atom is -0.376 e. The summed E-state index contributed by atoms with van der Waals surface area (Å²) in [6.07, 6.45) is 2.33. The summed E-state index contributed by atoms with van der Waals surface area (Å²) in [4.78, 5) is 13.9. The molecule has 0 aromatic heterocycles. The van der Waals surface area contributed by atoms with Crippen molar-refractivity contribution in [1.82, 2.24) is 4.90 Å². The van der Waals surface area contributed by atoms with Crippen molar-refractivity contribution in [3.63, 3.8) is 0 Å². The summed E-state index contributed by atoms with van der Waals surface area (Å²) >= 11 is 3.41. The molecule has 1 aliphatic rings. The number of anilines is 1. The zero-order valence-corrected chi connectivity index (χ0v) is 11.5. The van der Waals surface area contributed by atoms with Crippen molar-refractivity contribution in [2.75, 3.05) is 18.4 Å². The summed E-state index contributed by atoms with van der Waals surface area (Å²) in [6.45, 7) is 3.22. The normalized spacial score (nSPS) is 14.5. The number of hydrogen-bond acceptors (Lipinski definition) is 2. The summed E-state index contributed by atoms with van der Waals surface area (Å²) in [6, 6.07) is 8.36. The molecule has 0 unspecified atom stereocenters. The highest BCUT2D eigenvalue weighted by Crippen LogP contribution is 2.26. The Morgan fingerprint density at radius 1 is 1.53 bits per heavy atom. The van der Waals surface area contributed by atoms with Crippen LogP contribution in [0, 0.1) is 0 Å². The van der Waals surface area contributed by atoms with E-state index < -0.39 is 0 Å². The predicted molar refractivity (Wildman–Crippen MR) is 73.0 cm³/mol. The summed E-state index contributed by atoms with van der Waals surface area (Å²) < 4.78 is 1.02. The number of benzene rings is 1.